The van der Waals surface area contributed by atoms with E-state index < -0.39 is 0 Å². The van der Waals surface area contributed by atoms with Crippen molar-refractivity contribution in [1.29, 1.82) is 0 Å². The Balaban J connectivity index is 1.60. The number of hydrogen-bond acceptors (Lipinski definition) is 3. The summed E-state index contributed by atoms with van der Waals surface area (Å²) in [6.45, 7) is 5.78. The molecule has 0 saturated carbocycles. The number of aromatic nitrogens is 2. The number of nitrogens with one attached hydrogen (secondary N) is 3. The van der Waals surface area contributed by atoms with Crippen LogP contribution in [0.2, 0.25) is 0 Å². The number of rotatable bonds is 6. The van der Waals surface area contributed by atoms with Gasteiger partial charge in [0.2, 0.25) is 5.91 Å². The lowest BCUT2D eigenvalue weighted by Crippen LogP contribution is -2.41. The third kappa shape index (κ3) is 4.15. The second kappa shape index (κ2) is 8.21. The minimum atomic E-state index is -0.132. The molecule has 0 spiro atoms. The fraction of sp³-hybridized carbons (Fsp3) is 0.526. The van der Waals surface area contributed by atoms with E-state index in [1.165, 1.54) is 5.56 Å². The van der Waals surface area contributed by atoms with Gasteiger partial charge in [0.1, 0.15) is 5.82 Å². The van der Waals surface area contributed by atoms with Crippen molar-refractivity contribution >= 4 is 23.0 Å². The van der Waals surface area contributed by atoms with E-state index in [4.69, 9.17) is 0 Å². The van der Waals surface area contributed by atoms with Crippen LogP contribution in [0.4, 0.5) is 4.79 Å². The van der Waals surface area contributed by atoms with E-state index >= 15 is 0 Å². The quantitative estimate of drug-likeness (QED) is 0.742. The predicted octanol–water partition coefficient (Wildman–Crippen LogP) is 2.63. The summed E-state index contributed by atoms with van der Waals surface area (Å²) < 4.78 is 0. The molecular formula is C19H27N5O2. The van der Waals surface area contributed by atoms with Crippen molar-refractivity contribution in [3.63, 3.8) is 0 Å². The Hall–Kier alpha value is -2.57. The van der Waals surface area contributed by atoms with Crippen LogP contribution in [0.1, 0.15) is 50.0 Å². The number of nitrogens with zero attached hydrogens (tertiary/aromatic N) is 2. The van der Waals surface area contributed by atoms with Gasteiger partial charge in [-0.15, -0.1) is 0 Å². The number of imidazole rings is 1. The number of benzene rings is 1. The SMILES string of the molecule is CCCNC(=O)CCNC(=O)N1CCCC1c1nc2ccc(C)cc2[nH]1. The lowest BCUT2D eigenvalue weighted by molar-refractivity contribution is -0.120. The molecule has 2 heterocycles. The number of urea groups is 1. The van der Waals surface area contributed by atoms with Crippen molar-refractivity contribution in [3.8, 4) is 0 Å². The molecule has 1 aliphatic heterocycles. The summed E-state index contributed by atoms with van der Waals surface area (Å²) in [5, 5.41) is 5.67. The average molecular weight is 357 g/mol. The smallest absolute Gasteiger partial charge is 0.318 e. The Bertz CT molecular complexity index is 785. The van der Waals surface area contributed by atoms with Gasteiger partial charge in [0.15, 0.2) is 0 Å². The number of amides is 3. The zero-order valence-electron chi connectivity index (χ0n) is 15.5. The fourth-order valence-electron chi connectivity index (χ4n) is 3.33. The molecule has 2 aromatic rings. The van der Waals surface area contributed by atoms with Gasteiger partial charge >= 0.3 is 6.03 Å². The van der Waals surface area contributed by atoms with Gasteiger partial charge in [-0.2, -0.15) is 0 Å². The molecule has 1 aromatic carbocycles. The highest BCUT2D eigenvalue weighted by molar-refractivity contribution is 5.79. The summed E-state index contributed by atoms with van der Waals surface area (Å²) >= 11 is 0. The summed E-state index contributed by atoms with van der Waals surface area (Å²) in [4.78, 5) is 34.0. The summed E-state index contributed by atoms with van der Waals surface area (Å²) in [7, 11) is 0. The maximum atomic E-state index is 12.5. The topological polar surface area (TPSA) is 90.1 Å². The Morgan fingerprint density at radius 3 is 2.96 bits per heavy atom. The summed E-state index contributed by atoms with van der Waals surface area (Å²) in [5.74, 6) is 0.803. The average Bonchev–Trinajstić information content (AvgIpc) is 3.25. The second-order valence-electron chi connectivity index (χ2n) is 6.83. The van der Waals surface area contributed by atoms with Crippen LogP contribution >= 0.6 is 0 Å². The molecule has 0 radical (unpaired) electrons. The van der Waals surface area contributed by atoms with Crippen LogP contribution < -0.4 is 10.6 Å². The maximum Gasteiger partial charge on any atom is 0.318 e. The third-order valence-electron chi connectivity index (χ3n) is 4.69. The Morgan fingerprint density at radius 2 is 2.15 bits per heavy atom. The van der Waals surface area contributed by atoms with Gasteiger partial charge < -0.3 is 20.5 Å². The van der Waals surface area contributed by atoms with Crippen molar-refractivity contribution in [1.82, 2.24) is 25.5 Å². The highest BCUT2D eigenvalue weighted by atomic mass is 16.2. The maximum absolute atomic E-state index is 12.5. The number of fused-ring (bicyclic) bond motifs is 1. The fourth-order valence-corrected chi connectivity index (χ4v) is 3.33. The summed E-state index contributed by atoms with van der Waals surface area (Å²) in [6, 6.07) is 5.93. The lowest BCUT2D eigenvalue weighted by Gasteiger charge is -2.23. The second-order valence-corrected chi connectivity index (χ2v) is 6.83. The van der Waals surface area contributed by atoms with Crippen LogP contribution in [-0.4, -0.2) is 46.4 Å². The van der Waals surface area contributed by atoms with Gasteiger partial charge in [-0.1, -0.05) is 13.0 Å². The van der Waals surface area contributed by atoms with Gasteiger partial charge in [-0.3, -0.25) is 4.79 Å². The lowest BCUT2D eigenvalue weighted by atomic mass is 10.2. The number of likely N-dealkylation sites (tertiary alicyclic amines) is 1. The van der Waals surface area contributed by atoms with E-state index in [9.17, 15) is 9.59 Å². The molecule has 1 atom stereocenters. The Labute approximate surface area is 153 Å². The van der Waals surface area contributed by atoms with E-state index in [1.807, 2.05) is 30.9 Å². The first-order valence-electron chi connectivity index (χ1n) is 9.36. The van der Waals surface area contributed by atoms with Crippen LogP contribution in [0.15, 0.2) is 18.2 Å². The third-order valence-corrected chi connectivity index (χ3v) is 4.69. The van der Waals surface area contributed by atoms with Gasteiger partial charge in [0.05, 0.1) is 17.1 Å². The van der Waals surface area contributed by atoms with Crippen molar-refractivity contribution in [2.24, 2.45) is 0 Å². The first-order valence-corrected chi connectivity index (χ1v) is 9.36. The Kier molecular flexibility index (Phi) is 5.75. The van der Waals surface area contributed by atoms with Crippen LogP contribution in [0.3, 0.4) is 0 Å². The van der Waals surface area contributed by atoms with Crippen LogP contribution in [-0.2, 0) is 4.79 Å². The molecule has 1 aromatic heterocycles. The van der Waals surface area contributed by atoms with Gasteiger partial charge in [0.25, 0.3) is 0 Å². The Morgan fingerprint density at radius 1 is 1.31 bits per heavy atom. The number of carbonyl (C=O) groups excluding carboxylic acids is 2. The molecule has 3 amide bonds. The monoisotopic (exact) mass is 357 g/mol. The van der Waals surface area contributed by atoms with E-state index in [0.29, 0.717) is 26.1 Å². The van der Waals surface area contributed by atoms with Crippen molar-refractivity contribution in [2.45, 2.75) is 45.6 Å². The molecule has 3 rings (SSSR count). The molecule has 140 valence electrons. The summed E-state index contributed by atoms with van der Waals surface area (Å²) in [6.07, 6.45) is 3.05. The zero-order valence-corrected chi connectivity index (χ0v) is 15.5. The standard InChI is InChI=1S/C19H27N5O2/c1-3-9-20-17(25)8-10-21-19(26)24-11-4-5-16(24)18-22-14-7-6-13(2)12-15(14)23-18/h6-7,12,16H,3-5,8-11H2,1-2H3,(H,20,25)(H,21,26)(H,22,23). The number of hydrogen-bond donors (Lipinski definition) is 3. The number of aromatic amines is 1. The highest BCUT2D eigenvalue weighted by Gasteiger charge is 2.32. The number of H-pyrrole nitrogens is 1. The number of carbonyl (C=O) groups is 2. The number of aryl methyl sites for hydroxylation is 1. The van der Waals surface area contributed by atoms with Crippen molar-refractivity contribution < 1.29 is 9.59 Å². The molecule has 0 aliphatic carbocycles. The first-order chi connectivity index (χ1) is 12.6. The molecule has 7 heteroatoms. The van der Waals surface area contributed by atoms with Crippen LogP contribution in [0.5, 0.6) is 0 Å². The molecule has 7 nitrogen and oxygen atoms in total. The van der Waals surface area contributed by atoms with E-state index in [2.05, 4.69) is 26.7 Å². The molecule has 1 aliphatic rings. The molecule has 3 N–H and O–H groups in total. The molecule has 1 fully saturated rings. The molecule has 26 heavy (non-hydrogen) atoms. The van der Waals surface area contributed by atoms with E-state index in [-0.39, 0.29) is 18.0 Å². The van der Waals surface area contributed by atoms with Gasteiger partial charge in [0, 0.05) is 26.1 Å². The first kappa shape index (κ1) is 18.2. The zero-order chi connectivity index (χ0) is 18.5. The molecule has 0 bridgehead atoms. The summed E-state index contributed by atoms with van der Waals surface area (Å²) in [5.41, 5.74) is 3.10. The molecule has 1 unspecified atom stereocenters. The van der Waals surface area contributed by atoms with Crippen LogP contribution in [0.25, 0.3) is 11.0 Å². The highest BCUT2D eigenvalue weighted by Crippen LogP contribution is 2.31. The van der Waals surface area contributed by atoms with Crippen molar-refractivity contribution in [3.05, 3.63) is 29.6 Å². The minimum absolute atomic E-state index is 0.0298. The van der Waals surface area contributed by atoms with Gasteiger partial charge in [-0.05, 0) is 43.9 Å². The van der Waals surface area contributed by atoms with Crippen LogP contribution in [0, 0.1) is 6.92 Å². The predicted molar refractivity (Wildman–Crippen MR) is 101 cm³/mol. The minimum Gasteiger partial charge on any atom is -0.356 e. The molecular weight excluding hydrogens is 330 g/mol. The largest absolute Gasteiger partial charge is 0.356 e. The van der Waals surface area contributed by atoms with E-state index in [0.717, 1.165) is 36.1 Å². The molecule has 1 saturated heterocycles. The van der Waals surface area contributed by atoms with E-state index in [1.54, 1.807) is 0 Å². The van der Waals surface area contributed by atoms with Crippen molar-refractivity contribution in [2.75, 3.05) is 19.6 Å². The normalized spacial score (nSPS) is 16.8. The van der Waals surface area contributed by atoms with Gasteiger partial charge in [-0.25, -0.2) is 9.78 Å².